The molecule has 0 saturated heterocycles. The van der Waals surface area contributed by atoms with Gasteiger partial charge in [-0.2, -0.15) is 5.10 Å². The molecule has 2 rings (SSSR count). The number of hydrogen-bond donors (Lipinski definition) is 0. The predicted octanol–water partition coefficient (Wildman–Crippen LogP) is 2.50. The molecule has 0 amide bonds. The standard InChI is InChI=1S/C12H10BrFN2O/c1-8-2-12(17)16(15-6-8)7-9-3-10(13)5-11(14)4-9/h2-6H,7H2,1H3. The molecule has 0 atom stereocenters. The van der Waals surface area contributed by atoms with E-state index < -0.39 is 0 Å². The summed E-state index contributed by atoms with van der Waals surface area (Å²) in [6, 6.07) is 6.02. The quantitative estimate of drug-likeness (QED) is 0.853. The van der Waals surface area contributed by atoms with Crippen molar-refractivity contribution in [1.29, 1.82) is 0 Å². The second-order valence-corrected chi connectivity index (χ2v) is 4.72. The maximum Gasteiger partial charge on any atom is 0.267 e. The Morgan fingerprint density at radius 3 is 2.76 bits per heavy atom. The van der Waals surface area contributed by atoms with Crippen LogP contribution < -0.4 is 5.56 Å². The van der Waals surface area contributed by atoms with Crippen LogP contribution in [0.4, 0.5) is 4.39 Å². The van der Waals surface area contributed by atoms with E-state index in [2.05, 4.69) is 21.0 Å². The van der Waals surface area contributed by atoms with Gasteiger partial charge in [-0.1, -0.05) is 15.9 Å². The topological polar surface area (TPSA) is 34.9 Å². The van der Waals surface area contributed by atoms with Crippen LogP contribution in [0.25, 0.3) is 0 Å². The summed E-state index contributed by atoms with van der Waals surface area (Å²) in [5.41, 5.74) is 1.31. The van der Waals surface area contributed by atoms with E-state index in [0.29, 0.717) is 10.0 Å². The van der Waals surface area contributed by atoms with Crippen molar-refractivity contribution in [1.82, 2.24) is 9.78 Å². The minimum Gasteiger partial charge on any atom is -0.268 e. The van der Waals surface area contributed by atoms with E-state index in [1.807, 2.05) is 0 Å². The van der Waals surface area contributed by atoms with Crippen LogP contribution in [0.1, 0.15) is 11.1 Å². The Bertz CT molecular complexity index is 589. The molecule has 0 fully saturated rings. The van der Waals surface area contributed by atoms with Gasteiger partial charge in [0.15, 0.2) is 0 Å². The lowest BCUT2D eigenvalue weighted by Gasteiger charge is -2.05. The van der Waals surface area contributed by atoms with Gasteiger partial charge in [-0.05, 0) is 36.2 Å². The number of halogens is 2. The second kappa shape index (κ2) is 4.79. The summed E-state index contributed by atoms with van der Waals surface area (Å²) in [5, 5.41) is 4.00. The normalized spacial score (nSPS) is 10.5. The first-order chi connectivity index (χ1) is 8.04. The molecule has 1 aromatic carbocycles. The van der Waals surface area contributed by atoms with Crippen LogP contribution in [-0.4, -0.2) is 9.78 Å². The van der Waals surface area contributed by atoms with Crippen molar-refractivity contribution < 1.29 is 4.39 Å². The molecule has 17 heavy (non-hydrogen) atoms. The number of aromatic nitrogens is 2. The number of hydrogen-bond acceptors (Lipinski definition) is 2. The van der Waals surface area contributed by atoms with Gasteiger partial charge in [0.1, 0.15) is 5.82 Å². The average Bonchev–Trinajstić information content (AvgIpc) is 2.21. The highest BCUT2D eigenvalue weighted by atomic mass is 79.9. The molecule has 1 aromatic heterocycles. The van der Waals surface area contributed by atoms with Gasteiger partial charge < -0.3 is 0 Å². The summed E-state index contributed by atoms with van der Waals surface area (Å²) in [6.07, 6.45) is 1.61. The molecule has 0 unspecified atom stereocenters. The lowest BCUT2D eigenvalue weighted by Crippen LogP contribution is -2.22. The van der Waals surface area contributed by atoms with Crippen molar-refractivity contribution >= 4 is 15.9 Å². The van der Waals surface area contributed by atoms with Crippen molar-refractivity contribution in [2.24, 2.45) is 0 Å². The molecule has 3 nitrogen and oxygen atoms in total. The molecule has 0 aliphatic rings. The van der Waals surface area contributed by atoms with Crippen molar-refractivity contribution in [2.45, 2.75) is 13.5 Å². The first-order valence-electron chi connectivity index (χ1n) is 5.03. The summed E-state index contributed by atoms with van der Waals surface area (Å²) >= 11 is 3.21. The molecule has 0 aliphatic heterocycles. The third-order valence-electron chi connectivity index (χ3n) is 2.26. The Morgan fingerprint density at radius 1 is 1.35 bits per heavy atom. The zero-order valence-corrected chi connectivity index (χ0v) is 10.7. The monoisotopic (exact) mass is 296 g/mol. The highest BCUT2D eigenvalue weighted by Crippen LogP contribution is 2.15. The van der Waals surface area contributed by atoms with Crippen LogP contribution in [0.3, 0.4) is 0 Å². The van der Waals surface area contributed by atoms with Gasteiger partial charge in [-0.15, -0.1) is 0 Å². The first kappa shape index (κ1) is 12.0. The van der Waals surface area contributed by atoms with E-state index in [9.17, 15) is 9.18 Å². The van der Waals surface area contributed by atoms with Crippen LogP contribution in [0, 0.1) is 12.7 Å². The van der Waals surface area contributed by atoms with Crippen molar-refractivity contribution in [2.75, 3.05) is 0 Å². The number of benzene rings is 1. The predicted molar refractivity (Wildman–Crippen MR) is 66.4 cm³/mol. The fourth-order valence-corrected chi connectivity index (χ4v) is 2.03. The van der Waals surface area contributed by atoms with Crippen molar-refractivity contribution in [3.05, 3.63) is 62.2 Å². The first-order valence-corrected chi connectivity index (χ1v) is 5.82. The van der Waals surface area contributed by atoms with Gasteiger partial charge in [0, 0.05) is 10.5 Å². The van der Waals surface area contributed by atoms with E-state index in [0.717, 1.165) is 5.56 Å². The van der Waals surface area contributed by atoms with Crippen LogP contribution in [-0.2, 0) is 6.54 Å². The number of aryl methyl sites for hydroxylation is 1. The zero-order valence-electron chi connectivity index (χ0n) is 9.15. The van der Waals surface area contributed by atoms with Crippen molar-refractivity contribution in [3.8, 4) is 0 Å². The molecule has 0 saturated carbocycles. The largest absolute Gasteiger partial charge is 0.268 e. The van der Waals surface area contributed by atoms with Crippen LogP contribution in [0.15, 0.2) is 39.7 Å². The van der Waals surface area contributed by atoms with Crippen LogP contribution in [0.5, 0.6) is 0 Å². The molecule has 0 spiro atoms. The highest BCUT2D eigenvalue weighted by molar-refractivity contribution is 9.10. The van der Waals surface area contributed by atoms with Gasteiger partial charge in [-0.25, -0.2) is 9.07 Å². The Hall–Kier alpha value is -1.49. The van der Waals surface area contributed by atoms with Crippen molar-refractivity contribution in [3.63, 3.8) is 0 Å². The lowest BCUT2D eigenvalue weighted by molar-refractivity contribution is 0.608. The van der Waals surface area contributed by atoms with Gasteiger partial charge in [0.2, 0.25) is 0 Å². The molecule has 0 bridgehead atoms. The lowest BCUT2D eigenvalue weighted by atomic mass is 10.2. The Balaban J connectivity index is 2.34. The molecule has 88 valence electrons. The highest BCUT2D eigenvalue weighted by Gasteiger charge is 2.02. The Kier molecular flexibility index (Phi) is 3.38. The zero-order chi connectivity index (χ0) is 12.4. The minimum absolute atomic E-state index is 0.189. The van der Waals surface area contributed by atoms with Crippen LogP contribution in [0.2, 0.25) is 0 Å². The van der Waals surface area contributed by atoms with E-state index >= 15 is 0 Å². The molecular weight excluding hydrogens is 287 g/mol. The maximum atomic E-state index is 13.2. The fraction of sp³-hybridized carbons (Fsp3) is 0.167. The SMILES string of the molecule is Cc1cnn(Cc2cc(F)cc(Br)c2)c(=O)c1. The summed E-state index contributed by atoms with van der Waals surface area (Å²) in [5.74, 6) is -0.338. The van der Waals surface area contributed by atoms with E-state index in [1.54, 1.807) is 19.2 Å². The molecule has 0 aliphatic carbocycles. The molecule has 0 N–H and O–H groups in total. The smallest absolute Gasteiger partial charge is 0.267 e. The van der Waals surface area contributed by atoms with Gasteiger partial charge >= 0.3 is 0 Å². The molecule has 5 heteroatoms. The summed E-state index contributed by atoms with van der Waals surface area (Å²) in [7, 11) is 0. The Labute approximate surface area is 106 Å². The van der Waals surface area contributed by atoms with Gasteiger partial charge in [0.25, 0.3) is 5.56 Å². The molecule has 2 aromatic rings. The number of nitrogens with zero attached hydrogens (tertiary/aromatic N) is 2. The third-order valence-corrected chi connectivity index (χ3v) is 2.72. The van der Waals surface area contributed by atoms with Gasteiger partial charge in [-0.3, -0.25) is 4.79 Å². The Morgan fingerprint density at radius 2 is 2.12 bits per heavy atom. The van der Waals surface area contributed by atoms with E-state index in [1.165, 1.54) is 22.9 Å². The summed E-state index contributed by atoms with van der Waals surface area (Å²) < 4.78 is 15.1. The van der Waals surface area contributed by atoms with Gasteiger partial charge in [0.05, 0.1) is 12.7 Å². The van der Waals surface area contributed by atoms with Crippen LogP contribution >= 0.6 is 15.9 Å². The fourth-order valence-electron chi connectivity index (χ4n) is 1.52. The molecular formula is C12H10BrFN2O. The van der Waals surface area contributed by atoms with E-state index in [-0.39, 0.29) is 17.9 Å². The third kappa shape index (κ3) is 3.00. The second-order valence-electron chi connectivity index (χ2n) is 3.81. The average molecular weight is 297 g/mol. The number of rotatable bonds is 2. The molecule has 1 heterocycles. The summed E-state index contributed by atoms with van der Waals surface area (Å²) in [6.45, 7) is 2.06. The maximum absolute atomic E-state index is 13.2. The minimum atomic E-state index is -0.338. The summed E-state index contributed by atoms with van der Waals surface area (Å²) in [4.78, 5) is 11.6. The van der Waals surface area contributed by atoms with E-state index in [4.69, 9.17) is 0 Å². The molecule has 0 radical (unpaired) electrons.